The molecular formula is C19H23FN4O2. The first kappa shape index (κ1) is 18.1. The van der Waals surface area contributed by atoms with Crippen molar-refractivity contribution in [2.75, 3.05) is 13.1 Å². The van der Waals surface area contributed by atoms with Gasteiger partial charge in [-0.1, -0.05) is 12.1 Å². The molecule has 0 unspecified atom stereocenters. The van der Waals surface area contributed by atoms with E-state index in [0.29, 0.717) is 30.9 Å². The van der Waals surface area contributed by atoms with Gasteiger partial charge >= 0.3 is 6.09 Å². The number of benzene rings is 1. The van der Waals surface area contributed by atoms with E-state index in [2.05, 4.69) is 10.1 Å². The molecule has 2 heterocycles. The van der Waals surface area contributed by atoms with Crippen LogP contribution in [0.2, 0.25) is 0 Å². The molecule has 0 bridgehead atoms. The fourth-order valence-corrected chi connectivity index (χ4v) is 2.78. The van der Waals surface area contributed by atoms with Gasteiger partial charge in [-0.05, 0) is 50.5 Å². The quantitative estimate of drug-likeness (QED) is 0.822. The third-order valence-corrected chi connectivity index (χ3v) is 4.04. The van der Waals surface area contributed by atoms with Crippen molar-refractivity contribution in [1.82, 2.24) is 19.7 Å². The topological polar surface area (TPSA) is 60.2 Å². The summed E-state index contributed by atoms with van der Waals surface area (Å²) in [7, 11) is 1.74. The van der Waals surface area contributed by atoms with Crippen molar-refractivity contribution < 1.29 is 13.9 Å². The second-order valence-electron chi connectivity index (χ2n) is 7.34. The monoisotopic (exact) mass is 358 g/mol. The van der Waals surface area contributed by atoms with Crippen molar-refractivity contribution in [3.63, 3.8) is 0 Å². The first-order valence-electron chi connectivity index (χ1n) is 8.56. The van der Waals surface area contributed by atoms with Crippen LogP contribution >= 0.6 is 0 Å². The number of nitrogens with zero attached hydrogens (tertiary/aromatic N) is 4. The van der Waals surface area contributed by atoms with Crippen LogP contribution in [-0.4, -0.2) is 44.4 Å². The molecule has 1 amide bonds. The SMILES string of the molecule is Cn1cnc(-c2ccc(C3=CCN(C(=O)OC(C)(C)C)CC3)cc2F)n1. The van der Waals surface area contributed by atoms with Gasteiger partial charge in [0.15, 0.2) is 5.82 Å². The summed E-state index contributed by atoms with van der Waals surface area (Å²) < 4.78 is 21.4. The van der Waals surface area contributed by atoms with Crippen molar-refractivity contribution in [2.24, 2.45) is 7.05 Å². The summed E-state index contributed by atoms with van der Waals surface area (Å²) in [5, 5.41) is 4.14. The molecule has 1 aliphatic heterocycles. The molecule has 2 aromatic rings. The zero-order valence-electron chi connectivity index (χ0n) is 15.5. The number of hydrogen-bond acceptors (Lipinski definition) is 4. The number of ether oxygens (including phenoxy) is 1. The molecule has 7 heteroatoms. The lowest BCUT2D eigenvalue weighted by Crippen LogP contribution is -2.39. The van der Waals surface area contributed by atoms with Gasteiger partial charge in [-0.25, -0.2) is 14.2 Å². The molecule has 0 atom stereocenters. The molecule has 3 rings (SSSR count). The molecule has 0 fully saturated rings. The Bertz CT molecular complexity index is 851. The highest BCUT2D eigenvalue weighted by Gasteiger charge is 2.24. The summed E-state index contributed by atoms with van der Waals surface area (Å²) in [6.45, 7) is 6.53. The number of hydrogen-bond donors (Lipinski definition) is 0. The lowest BCUT2D eigenvalue weighted by atomic mass is 9.98. The van der Waals surface area contributed by atoms with Crippen LogP contribution in [0.25, 0.3) is 17.0 Å². The van der Waals surface area contributed by atoms with Gasteiger partial charge in [-0.3, -0.25) is 4.68 Å². The van der Waals surface area contributed by atoms with E-state index >= 15 is 0 Å². The van der Waals surface area contributed by atoms with Crippen LogP contribution in [0.5, 0.6) is 0 Å². The fraction of sp³-hybridized carbons (Fsp3) is 0.421. The van der Waals surface area contributed by atoms with Crippen molar-refractivity contribution in [1.29, 1.82) is 0 Å². The van der Waals surface area contributed by atoms with Crippen LogP contribution < -0.4 is 0 Å². The van der Waals surface area contributed by atoms with Gasteiger partial charge in [0.1, 0.15) is 17.7 Å². The first-order chi connectivity index (χ1) is 12.2. The van der Waals surface area contributed by atoms with E-state index in [9.17, 15) is 9.18 Å². The first-order valence-corrected chi connectivity index (χ1v) is 8.56. The van der Waals surface area contributed by atoms with E-state index in [1.807, 2.05) is 32.9 Å². The number of carbonyl (C=O) groups is 1. The maximum Gasteiger partial charge on any atom is 0.410 e. The second kappa shape index (κ2) is 6.90. The van der Waals surface area contributed by atoms with Gasteiger partial charge < -0.3 is 9.64 Å². The number of rotatable bonds is 2. The van der Waals surface area contributed by atoms with Crippen molar-refractivity contribution in [2.45, 2.75) is 32.8 Å². The average molecular weight is 358 g/mol. The Balaban J connectivity index is 1.73. The fourth-order valence-electron chi connectivity index (χ4n) is 2.78. The Morgan fingerprint density at radius 3 is 2.62 bits per heavy atom. The maximum absolute atomic E-state index is 14.5. The minimum Gasteiger partial charge on any atom is -0.444 e. The molecule has 26 heavy (non-hydrogen) atoms. The molecule has 0 spiro atoms. The summed E-state index contributed by atoms with van der Waals surface area (Å²) >= 11 is 0. The molecule has 0 saturated heterocycles. The normalized spacial score (nSPS) is 15.0. The van der Waals surface area contributed by atoms with E-state index in [4.69, 9.17) is 4.74 Å². The molecular weight excluding hydrogens is 335 g/mol. The summed E-state index contributed by atoms with van der Waals surface area (Å²) in [6, 6.07) is 5.06. The molecule has 1 aromatic heterocycles. The van der Waals surface area contributed by atoms with Crippen LogP contribution in [0.1, 0.15) is 32.8 Å². The molecule has 0 radical (unpaired) electrons. The second-order valence-corrected chi connectivity index (χ2v) is 7.34. The van der Waals surface area contributed by atoms with Gasteiger partial charge in [-0.15, -0.1) is 0 Å². The number of amides is 1. The molecule has 0 N–H and O–H groups in total. The minimum absolute atomic E-state index is 0.324. The van der Waals surface area contributed by atoms with Crippen LogP contribution in [0.3, 0.4) is 0 Å². The Kier molecular flexibility index (Phi) is 4.80. The number of halogens is 1. The predicted molar refractivity (Wildman–Crippen MR) is 96.8 cm³/mol. The third-order valence-electron chi connectivity index (χ3n) is 4.04. The van der Waals surface area contributed by atoms with Gasteiger partial charge in [0.05, 0.1) is 5.56 Å². The lowest BCUT2D eigenvalue weighted by Gasteiger charge is -2.29. The van der Waals surface area contributed by atoms with E-state index in [0.717, 1.165) is 11.1 Å². The Morgan fingerprint density at radius 1 is 1.31 bits per heavy atom. The van der Waals surface area contributed by atoms with Crippen molar-refractivity contribution in [3.05, 3.63) is 42.0 Å². The summed E-state index contributed by atoms with van der Waals surface area (Å²) in [5.74, 6) is 0.00875. The van der Waals surface area contributed by atoms with Gasteiger partial charge in [0.25, 0.3) is 0 Å². The zero-order valence-corrected chi connectivity index (χ0v) is 15.5. The van der Waals surface area contributed by atoms with Gasteiger partial charge in [0.2, 0.25) is 0 Å². The Hall–Kier alpha value is -2.70. The van der Waals surface area contributed by atoms with Crippen LogP contribution in [0.15, 0.2) is 30.6 Å². The Morgan fingerprint density at radius 2 is 2.08 bits per heavy atom. The molecule has 138 valence electrons. The van der Waals surface area contributed by atoms with Gasteiger partial charge in [-0.2, -0.15) is 5.10 Å². The number of carbonyl (C=O) groups excluding carboxylic acids is 1. The highest BCUT2D eigenvalue weighted by Crippen LogP contribution is 2.27. The number of aryl methyl sites for hydroxylation is 1. The molecule has 0 saturated carbocycles. The number of aromatic nitrogens is 3. The maximum atomic E-state index is 14.5. The molecule has 0 aliphatic carbocycles. The van der Waals surface area contributed by atoms with Crippen LogP contribution in [0.4, 0.5) is 9.18 Å². The van der Waals surface area contributed by atoms with E-state index in [1.165, 1.54) is 17.1 Å². The lowest BCUT2D eigenvalue weighted by molar-refractivity contribution is 0.0270. The third kappa shape index (κ3) is 4.09. The smallest absolute Gasteiger partial charge is 0.410 e. The van der Waals surface area contributed by atoms with Crippen LogP contribution in [-0.2, 0) is 11.8 Å². The Labute approximate surface area is 152 Å². The van der Waals surface area contributed by atoms with Crippen molar-refractivity contribution >= 4 is 11.7 Å². The predicted octanol–water partition coefficient (Wildman–Crippen LogP) is 3.65. The van der Waals surface area contributed by atoms with E-state index < -0.39 is 5.60 Å². The van der Waals surface area contributed by atoms with E-state index in [1.54, 1.807) is 18.0 Å². The summed E-state index contributed by atoms with van der Waals surface area (Å²) in [6.07, 6.45) is 3.81. The van der Waals surface area contributed by atoms with Gasteiger partial charge in [0, 0.05) is 20.1 Å². The highest BCUT2D eigenvalue weighted by atomic mass is 19.1. The highest BCUT2D eigenvalue weighted by molar-refractivity contribution is 5.73. The zero-order chi connectivity index (χ0) is 18.9. The standard InChI is InChI=1S/C19H23FN4O2/c1-19(2,3)26-18(25)24-9-7-13(8-10-24)14-5-6-15(16(20)11-14)17-21-12-23(4)22-17/h5-7,11-12H,8-10H2,1-4H3. The molecule has 6 nitrogen and oxygen atoms in total. The average Bonchev–Trinajstić information content (AvgIpc) is 2.99. The molecule has 1 aliphatic rings. The largest absolute Gasteiger partial charge is 0.444 e. The van der Waals surface area contributed by atoms with Crippen molar-refractivity contribution in [3.8, 4) is 11.4 Å². The van der Waals surface area contributed by atoms with E-state index in [-0.39, 0.29) is 11.9 Å². The van der Waals surface area contributed by atoms with Crippen LogP contribution in [0, 0.1) is 5.82 Å². The summed E-state index contributed by atoms with van der Waals surface area (Å²) in [4.78, 5) is 17.8. The summed E-state index contributed by atoms with van der Waals surface area (Å²) in [5.41, 5.74) is 1.69. The minimum atomic E-state index is -0.514. The molecule has 1 aromatic carbocycles.